The van der Waals surface area contributed by atoms with E-state index in [-0.39, 0.29) is 31.1 Å². The summed E-state index contributed by atoms with van der Waals surface area (Å²) in [7, 11) is 1.98. The lowest BCUT2D eigenvalue weighted by Gasteiger charge is -2.24. The van der Waals surface area contributed by atoms with Gasteiger partial charge in [-0.3, -0.25) is 14.4 Å². The Balaban J connectivity index is 4.30. The molecule has 0 bridgehead atoms. The molecule has 0 heterocycles. The molecule has 0 aliphatic rings. The molecule has 218 valence electrons. The summed E-state index contributed by atoms with van der Waals surface area (Å²) in [5, 5.41) is 0. The van der Waals surface area contributed by atoms with Crippen LogP contribution in [0.15, 0.2) is 0 Å². The number of nitrogens with zero attached hydrogens (tertiary/aromatic N) is 2. The van der Waals surface area contributed by atoms with Gasteiger partial charge in [-0.1, -0.05) is 86.0 Å². The molecule has 0 atom stereocenters. The molecule has 0 spiro atoms. The third kappa shape index (κ3) is 23.2. The van der Waals surface area contributed by atoms with E-state index in [0.29, 0.717) is 38.9 Å². The van der Waals surface area contributed by atoms with Gasteiger partial charge in [0.1, 0.15) is 13.2 Å². The topological polar surface area (TPSA) is 76.2 Å². The van der Waals surface area contributed by atoms with Crippen LogP contribution in [-0.4, -0.2) is 74.1 Å². The van der Waals surface area contributed by atoms with Crippen LogP contribution in [-0.2, 0) is 23.9 Å². The maximum atomic E-state index is 12.8. The van der Waals surface area contributed by atoms with Gasteiger partial charge in [-0.2, -0.15) is 0 Å². The first kappa shape index (κ1) is 35.4. The molecule has 7 heteroatoms. The average molecular weight is 527 g/mol. The highest BCUT2D eigenvalue weighted by molar-refractivity contribution is 5.76. The van der Waals surface area contributed by atoms with E-state index in [1.54, 1.807) is 4.90 Å². The third-order valence-corrected chi connectivity index (χ3v) is 6.67. The van der Waals surface area contributed by atoms with Crippen LogP contribution < -0.4 is 0 Å². The Hall–Kier alpha value is -1.63. The lowest BCUT2D eigenvalue weighted by molar-refractivity contribution is -0.147. The van der Waals surface area contributed by atoms with Crippen LogP contribution in [0, 0.1) is 11.8 Å². The molecule has 0 aliphatic carbocycles. The van der Waals surface area contributed by atoms with Crippen LogP contribution in [0.4, 0.5) is 0 Å². The van der Waals surface area contributed by atoms with E-state index < -0.39 is 0 Å². The van der Waals surface area contributed by atoms with Gasteiger partial charge in [0.05, 0.1) is 13.1 Å². The lowest BCUT2D eigenvalue weighted by Crippen LogP contribution is -2.38. The second kappa shape index (κ2) is 23.5. The van der Waals surface area contributed by atoms with E-state index in [2.05, 4.69) is 39.5 Å². The monoisotopic (exact) mass is 526 g/mol. The molecule has 0 aromatic rings. The van der Waals surface area contributed by atoms with Crippen molar-refractivity contribution in [1.29, 1.82) is 0 Å². The van der Waals surface area contributed by atoms with Crippen molar-refractivity contribution in [2.75, 3.05) is 46.4 Å². The minimum absolute atomic E-state index is 0.0114. The van der Waals surface area contributed by atoms with Crippen LogP contribution >= 0.6 is 0 Å². The van der Waals surface area contributed by atoms with Gasteiger partial charge >= 0.3 is 11.9 Å². The summed E-state index contributed by atoms with van der Waals surface area (Å²) >= 11 is 0. The molecule has 7 nitrogen and oxygen atoms in total. The van der Waals surface area contributed by atoms with E-state index in [4.69, 9.17) is 9.47 Å². The molecule has 37 heavy (non-hydrogen) atoms. The van der Waals surface area contributed by atoms with Crippen LogP contribution in [0.3, 0.4) is 0 Å². The third-order valence-electron chi connectivity index (χ3n) is 6.67. The summed E-state index contributed by atoms with van der Waals surface area (Å²) in [4.78, 5) is 40.7. The highest BCUT2D eigenvalue weighted by Gasteiger charge is 2.16. The van der Waals surface area contributed by atoms with E-state index in [1.807, 2.05) is 7.05 Å². The molecule has 0 aromatic heterocycles. The van der Waals surface area contributed by atoms with E-state index >= 15 is 0 Å². The Labute approximate surface area is 228 Å². The summed E-state index contributed by atoms with van der Waals surface area (Å²) < 4.78 is 10.8. The van der Waals surface area contributed by atoms with Gasteiger partial charge in [-0.25, -0.2) is 0 Å². The smallest absolute Gasteiger partial charge is 0.305 e. The summed E-state index contributed by atoms with van der Waals surface area (Å²) in [6.07, 6.45) is 12.2. The molecule has 0 N–H and O–H groups in total. The first-order chi connectivity index (χ1) is 17.6. The number of hydrogen-bond acceptors (Lipinski definition) is 6. The molecule has 0 fully saturated rings. The van der Waals surface area contributed by atoms with Crippen molar-refractivity contribution in [3.8, 4) is 0 Å². The molecule has 0 aromatic carbocycles. The predicted molar refractivity (Wildman–Crippen MR) is 151 cm³/mol. The Kier molecular flexibility index (Phi) is 22.4. The number of rotatable bonds is 24. The number of ether oxygens (including phenoxy) is 2. The van der Waals surface area contributed by atoms with Gasteiger partial charge in [-0.05, 0) is 38.3 Å². The van der Waals surface area contributed by atoms with E-state index in [0.717, 1.165) is 56.9 Å². The Morgan fingerprint density at radius 3 is 1.46 bits per heavy atom. The van der Waals surface area contributed by atoms with Gasteiger partial charge in [0.2, 0.25) is 5.91 Å². The Bertz CT molecular complexity index is 557. The van der Waals surface area contributed by atoms with Crippen molar-refractivity contribution in [1.82, 2.24) is 9.80 Å². The fraction of sp³-hybridized carbons (Fsp3) is 0.900. The fourth-order valence-electron chi connectivity index (χ4n) is 4.00. The number of amides is 1. The molecule has 0 unspecified atom stereocenters. The zero-order valence-corrected chi connectivity index (χ0v) is 25.0. The van der Waals surface area contributed by atoms with Crippen LogP contribution in [0.2, 0.25) is 0 Å². The van der Waals surface area contributed by atoms with Crippen molar-refractivity contribution in [3.05, 3.63) is 0 Å². The average Bonchev–Trinajstić information content (AvgIpc) is 2.85. The molecular formula is C30H58N2O5. The van der Waals surface area contributed by atoms with Gasteiger partial charge in [0.25, 0.3) is 0 Å². The van der Waals surface area contributed by atoms with Crippen LogP contribution in [0.25, 0.3) is 0 Å². The predicted octanol–water partition coefficient (Wildman–Crippen LogP) is 6.24. The van der Waals surface area contributed by atoms with Gasteiger partial charge in [-0.15, -0.1) is 0 Å². The van der Waals surface area contributed by atoms with E-state index in [9.17, 15) is 14.4 Å². The number of carbonyl (C=O) groups excluding carboxylic acids is 3. The minimum atomic E-state index is -0.207. The Morgan fingerprint density at radius 1 is 0.622 bits per heavy atom. The molecule has 0 saturated carbocycles. The Morgan fingerprint density at radius 2 is 1.05 bits per heavy atom. The highest BCUT2D eigenvalue weighted by Crippen LogP contribution is 2.12. The SMILES string of the molecule is CCN(C)CCC(=O)N(CCOC(=O)CCCCCCC(C)C)CCOC(=O)CCCCCCC(C)C. The first-order valence-electron chi connectivity index (χ1n) is 14.9. The van der Waals surface area contributed by atoms with Crippen molar-refractivity contribution in [3.63, 3.8) is 0 Å². The van der Waals surface area contributed by atoms with Crippen molar-refractivity contribution in [2.45, 2.75) is 118 Å². The number of carbonyl (C=O) groups is 3. The lowest BCUT2D eigenvalue weighted by atomic mass is 10.0. The molecule has 0 radical (unpaired) electrons. The first-order valence-corrected chi connectivity index (χ1v) is 14.9. The zero-order chi connectivity index (χ0) is 27.9. The van der Waals surface area contributed by atoms with Gasteiger partial charge < -0.3 is 19.3 Å². The molecular weight excluding hydrogens is 468 g/mol. The fourth-order valence-corrected chi connectivity index (χ4v) is 4.00. The zero-order valence-electron chi connectivity index (χ0n) is 25.0. The van der Waals surface area contributed by atoms with E-state index in [1.165, 1.54) is 25.7 Å². The number of esters is 2. The summed E-state index contributed by atoms with van der Waals surface area (Å²) in [6.45, 7) is 13.5. The maximum Gasteiger partial charge on any atom is 0.305 e. The maximum absolute atomic E-state index is 12.8. The van der Waals surface area contributed by atoms with Crippen molar-refractivity contribution >= 4 is 17.8 Å². The number of hydrogen-bond donors (Lipinski definition) is 0. The molecule has 0 aliphatic heterocycles. The summed E-state index contributed by atoms with van der Waals surface area (Å²) in [5.74, 6) is 1.03. The van der Waals surface area contributed by atoms with Crippen molar-refractivity contribution < 1.29 is 23.9 Å². The summed E-state index contributed by atoms with van der Waals surface area (Å²) in [6, 6.07) is 0. The van der Waals surface area contributed by atoms with Crippen LogP contribution in [0.5, 0.6) is 0 Å². The van der Waals surface area contributed by atoms with Crippen LogP contribution in [0.1, 0.15) is 118 Å². The molecule has 0 rings (SSSR count). The normalized spacial score (nSPS) is 11.4. The highest BCUT2D eigenvalue weighted by atomic mass is 16.5. The molecule has 0 saturated heterocycles. The summed E-state index contributed by atoms with van der Waals surface area (Å²) in [5.41, 5.74) is 0. The molecule has 1 amide bonds. The van der Waals surface area contributed by atoms with Gasteiger partial charge in [0.15, 0.2) is 0 Å². The number of unbranched alkanes of at least 4 members (excludes halogenated alkanes) is 6. The van der Waals surface area contributed by atoms with Gasteiger partial charge in [0, 0.05) is 25.8 Å². The quantitative estimate of drug-likeness (QED) is 0.109. The largest absolute Gasteiger partial charge is 0.464 e. The second-order valence-corrected chi connectivity index (χ2v) is 11.2. The minimum Gasteiger partial charge on any atom is -0.464 e. The standard InChI is InChI=1S/C30H58N2O5/c1-7-31(6)21-20-28(33)32(22-24-36-29(34)18-14-10-8-12-16-26(2)3)23-25-37-30(35)19-15-11-9-13-17-27(4)5/h26-27H,7-25H2,1-6H3. The van der Waals surface area contributed by atoms with Crippen molar-refractivity contribution in [2.24, 2.45) is 11.8 Å². The second-order valence-electron chi connectivity index (χ2n) is 11.2.